The number of nitrogens with one attached hydrogen (secondary N) is 1. The molecule has 3 N–H and O–H groups in total. The number of nitrogens with zero attached hydrogens (tertiary/aromatic N) is 3. The second-order valence-corrected chi connectivity index (χ2v) is 6.72. The Bertz CT molecular complexity index is 474. The van der Waals surface area contributed by atoms with E-state index in [0.717, 1.165) is 30.6 Å². The zero-order valence-corrected chi connectivity index (χ0v) is 15.1. The molecule has 1 aliphatic heterocycles. The summed E-state index contributed by atoms with van der Waals surface area (Å²) in [5, 5.41) is 20.1. The third-order valence-electron chi connectivity index (χ3n) is 3.03. The fourth-order valence-electron chi connectivity index (χ4n) is 1.89. The predicted octanol–water partition coefficient (Wildman–Crippen LogP) is 0.203. The topological polar surface area (TPSA) is 117 Å². The third-order valence-corrected chi connectivity index (χ3v) is 3.54. The molecule has 0 aliphatic carbocycles. The Labute approximate surface area is 145 Å². The first-order valence-corrected chi connectivity index (χ1v) is 8.39. The van der Waals surface area contributed by atoms with Crippen molar-refractivity contribution in [1.82, 2.24) is 14.1 Å². The summed E-state index contributed by atoms with van der Waals surface area (Å²) in [6.45, 7) is 9.56. The third kappa shape index (κ3) is 7.86. The highest BCUT2D eigenvalue weighted by atomic mass is 32.1. The summed E-state index contributed by atoms with van der Waals surface area (Å²) in [6.07, 6.45) is -0.580. The van der Waals surface area contributed by atoms with Gasteiger partial charge < -0.3 is 29.9 Å². The highest BCUT2D eigenvalue weighted by Gasteiger charge is 2.21. The first-order chi connectivity index (χ1) is 11.4. The van der Waals surface area contributed by atoms with Crippen molar-refractivity contribution in [1.29, 1.82) is 0 Å². The maximum atomic E-state index is 9.95. The Morgan fingerprint density at radius 1 is 1.42 bits per heavy atom. The SMILES string of the molecule is CC(C)(C)NCC(O)COc1nsnc1N1CCOCC1.O=CO. The molecular weight excluding hydrogens is 336 g/mol. The molecule has 1 aromatic rings. The summed E-state index contributed by atoms with van der Waals surface area (Å²) < 4.78 is 19.4. The zero-order valence-electron chi connectivity index (χ0n) is 14.3. The van der Waals surface area contributed by atoms with E-state index in [-0.39, 0.29) is 18.6 Å². The van der Waals surface area contributed by atoms with Crippen molar-refractivity contribution >= 4 is 24.0 Å². The molecule has 24 heavy (non-hydrogen) atoms. The molecule has 1 atom stereocenters. The van der Waals surface area contributed by atoms with Gasteiger partial charge in [-0.1, -0.05) is 0 Å². The Hall–Kier alpha value is -1.49. The van der Waals surface area contributed by atoms with Crippen LogP contribution in [0.3, 0.4) is 0 Å². The van der Waals surface area contributed by atoms with E-state index in [0.29, 0.717) is 25.6 Å². The van der Waals surface area contributed by atoms with E-state index in [9.17, 15) is 5.11 Å². The van der Waals surface area contributed by atoms with Gasteiger partial charge in [-0.2, -0.15) is 4.37 Å². The largest absolute Gasteiger partial charge is 0.483 e. The first-order valence-electron chi connectivity index (χ1n) is 7.66. The van der Waals surface area contributed by atoms with Gasteiger partial charge in [-0.3, -0.25) is 4.79 Å². The van der Waals surface area contributed by atoms with Gasteiger partial charge in [0, 0.05) is 25.2 Å². The highest BCUT2D eigenvalue weighted by Crippen LogP contribution is 2.26. The zero-order chi connectivity index (χ0) is 18.0. The number of carbonyl (C=O) groups is 1. The molecule has 9 nitrogen and oxygen atoms in total. The molecule has 2 heterocycles. The van der Waals surface area contributed by atoms with E-state index in [4.69, 9.17) is 19.4 Å². The molecule has 1 fully saturated rings. The van der Waals surface area contributed by atoms with Gasteiger partial charge >= 0.3 is 0 Å². The van der Waals surface area contributed by atoms with Crippen LogP contribution in [-0.4, -0.2) is 76.5 Å². The maximum Gasteiger partial charge on any atom is 0.290 e. The predicted molar refractivity (Wildman–Crippen MR) is 90.9 cm³/mol. The molecule has 1 aromatic heterocycles. The van der Waals surface area contributed by atoms with Crippen LogP contribution in [0.5, 0.6) is 5.88 Å². The average Bonchev–Trinajstić information content (AvgIpc) is 3.00. The number of anilines is 1. The molecule has 0 saturated carbocycles. The van der Waals surface area contributed by atoms with E-state index in [1.807, 2.05) is 0 Å². The van der Waals surface area contributed by atoms with E-state index < -0.39 is 6.10 Å². The van der Waals surface area contributed by atoms with Crippen LogP contribution in [0, 0.1) is 0 Å². The van der Waals surface area contributed by atoms with Gasteiger partial charge in [0.25, 0.3) is 12.4 Å². The lowest BCUT2D eigenvalue weighted by molar-refractivity contribution is -0.122. The van der Waals surface area contributed by atoms with E-state index in [1.165, 1.54) is 0 Å². The number of hydrogen-bond donors (Lipinski definition) is 3. The molecule has 0 spiro atoms. The monoisotopic (exact) mass is 362 g/mol. The molecule has 2 rings (SSSR count). The van der Waals surface area contributed by atoms with Crippen LogP contribution in [0.2, 0.25) is 0 Å². The first kappa shape index (κ1) is 20.6. The second kappa shape index (κ2) is 10.4. The maximum absolute atomic E-state index is 9.95. The van der Waals surface area contributed by atoms with Crippen molar-refractivity contribution in [3.8, 4) is 5.88 Å². The lowest BCUT2D eigenvalue weighted by atomic mass is 10.1. The number of β-amino-alcohol motifs (C(OH)–C–C–N with tert-alkyl or cyclic N) is 1. The van der Waals surface area contributed by atoms with Gasteiger partial charge in [0.15, 0.2) is 0 Å². The van der Waals surface area contributed by atoms with Gasteiger partial charge in [-0.15, -0.1) is 4.37 Å². The highest BCUT2D eigenvalue weighted by molar-refractivity contribution is 6.99. The number of aromatic nitrogens is 2. The van der Waals surface area contributed by atoms with Crippen LogP contribution in [-0.2, 0) is 9.53 Å². The van der Waals surface area contributed by atoms with E-state index in [1.54, 1.807) is 0 Å². The van der Waals surface area contributed by atoms with Crippen LogP contribution >= 0.6 is 11.7 Å². The van der Waals surface area contributed by atoms with Gasteiger partial charge in [-0.25, -0.2) is 0 Å². The van der Waals surface area contributed by atoms with Crippen LogP contribution in [0.4, 0.5) is 5.82 Å². The molecule has 1 aliphatic rings. The van der Waals surface area contributed by atoms with Crippen molar-refractivity contribution in [2.45, 2.75) is 32.4 Å². The van der Waals surface area contributed by atoms with Crippen LogP contribution < -0.4 is 15.0 Å². The molecule has 1 saturated heterocycles. The average molecular weight is 362 g/mol. The van der Waals surface area contributed by atoms with Crippen LogP contribution in [0.1, 0.15) is 20.8 Å². The Kier molecular flexibility index (Phi) is 8.90. The number of ether oxygens (including phenoxy) is 2. The molecule has 0 aromatic carbocycles. The molecule has 0 bridgehead atoms. The van der Waals surface area contributed by atoms with E-state index >= 15 is 0 Å². The Balaban J connectivity index is 0.000000891. The number of rotatable bonds is 6. The van der Waals surface area contributed by atoms with Crippen LogP contribution in [0.15, 0.2) is 0 Å². The van der Waals surface area contributed by atoms with Gasteiger partial charge in [0.05, 0.1) is 24.9 Å². The van der Waals surface area contributed by atoms with Crippen molar-refractivity contribution in [2.75, 3.05) is 44.4 Å². The smallest absolute Gasteiger partial charge is 0.290 e. The lowest BCUT2D eigenvalue weighted by Gasteiger charge is -2.27. The molecule has 1 unspecified atom stereocenters. The van der Waals surface area contributed by atoms with Crippen molar-refractivity contribution in [2.24, 2.45) is 0 Å². The van der Waals surface area contributed by atoms with Crippen molar-refractivity contribution < 1.29 is 24.5 Å². The second-order valence-electron chi connectivity index (χ2n) is 6.19. The summed E-state index contributed by atoms with van der Waals surface area (Å²) >= 11 is 1.12. The molecule has 0 amide bonds. The van der Waals surface area contributed by atoms with Gasteiger partial charge in [0.2, 0.25) is 5.82 Å². The number of aliphatic hydroxyl groups excluding tert-OH is 1. The Morgan fingerprint density at radius 3 is 2.62 bits per heavy atom. The van der Waals surface area contributed by atoms with E-state index in [2.05, 4.69) is 39.7 Å². The Morgan fingerprint density at radius 2 is 2.04 bits per heavy atom. The summed E-state index contributed by atoms with van der Waals surface area (Å²) in [5.74, 6) is 1.25. The lowest BCUT2D eigenvalue weighted by Crippen LogP contribution is -2.42. The fourth-order valence-corrected chi connectivity index (χ4v) is 2.41. The molecular formula is C14H26N4O5S. The minimum Gasteiger partial charge on any atom is -0.483 e. The number of morpholine rings is 1. The van der Waals surface area contributed by atoms with Gasteiger partial charge in [-0.05, 0) is 20.8 Å². The molecule has 0 radical (unpaired) electrons. The van der Waals surface area contributed by atoms with Crippen molar-refractivity contribution in [3.63, 3.8) is 0 Å². The summed E-state index contributed by atoms with van der Waals surface area (Å²) in [7, 11) is 0. The number of carboxylic acid groups (broad SMARTS) is 1. The summed E-state index contributed by atoms with van der Waals surface area (Å²) in [5.41, 5.74) is -0.0257. The standard InChI is InChI=1S/C13H24N4O3S.CH2O2/c1-13(2,3)14-8-10(18)9-20-12-11(15-21-16-12)17-4-6-19-7-5-17;2-1-3/h10,14,18H,4-9H2,1-3H3;1H,(H,2,3). The fraction of sp³-hybridized carbons (Fsp3) is 0.786. The van der Waals surface area contributed by atoms with Crippen molar-refractivity contribution in [3.05, 3.63) is 0 Å². The van der Waals surface area contributed by atoms with Gasteiger partial charge in [0.1, 0.15) is 12.7 Å². The quantitative estimate of drug-likeness (QED) is 0.610. The molecule has 10 heteroatoms. The normalized spacial score (nSPS) is 16.1. The minimum atomic E-state index is -0.580. The summed E-state index contributed by atoms with van der Waals surface area (Å²) in [4.78, 5) is 10.5. The number of hydrogen-bond acceptors (Lipinski definition) is 9. The number of aliphatic hydroxyl groups is 1. The molecule has 138 valence electrons. The minimum absolute atomic E-state index is 0.0257. The summed E-state index contributed by atoms with van der Waals surface area (Å²) in [6, 6.07) is 0. The van der Waals surface area contributed by atoms with Crippen LogP contribution in [0.25, 0.3) is 0 Å².